The van der Waals surface area contributed by atoms with E-state index in [2.05, 4.69) is 26.3 Å². The van der Waals surface area contributed by atoms with Gasteiger partial charge in [0.1, 0.15) is 17.1 Å². The number of pyridine rings is 1. The number of benzene rings is 1. The van der Waals surface area contributed by atoms with Crippen LogP contribution in [0.1, 0.15) is 25.5 Å². The number of hydrogen-bond acceptors (Lipinski definition) is 7. The second kappa shape index (κ2) is 7.32. The number of nitrogens with zero attached hydrogens (tertiary/aromatic N) is 3. The van der Waals surface area contributed by atoms with Gasteiger partial charge >= 0.3 is 0 Å². The van der Waals surface area contributed by atoms with Crippen molar-refractivity contribution >= 4 is 38.6 Å². The Labute approximate surface area is 183 Å². The minimum Gasteiger partial charge on any atom is -0.460 e. The molecule has 158 valence electrons. The average Bonchev–Trinajstić information content (AvgIpc) is 3.49. The molecule has 1 amide bonds. The molecule has 0 radical (unpaired) electrons. The van der Waals surface area contributed by atoms with Crippen LogP contribution in [-0.4, -0.2) is 39.4 Å². The fraction of sp³-hybridized carbons (Fsp3) is 0.348. The second-order valence-electron chi connectivity index (χ2n) is 8.44. The van der Waals surface area contributed by atoms with Crippen LogP contribution in [0, 0.1) is 5.92 Å². The molecule has 7 nitrogen and oxygen atoms in total. The predicted octanol–water partition coefficient (Wildman–Crippen LogP) is 4.33. The molecule has 1 N–H and O–H groups in total. The number of carbonyl (C=O) groups is 1. The maximum atomic E-state index is 11.4. The van der Waals surface area contributed by atoms with E-state index in [9.17, 15) is 4.79 Å². The first-order valence-corrected chi connectivity index (χ1v) is 11.4. The molecule has 4 heterocycles. The molecule has 31 heavy (non-hydrogen) atoms. The van der Waals surface area contributed by atoms with E-state index in [1.54, 1.807) is 13.1 Å². The van der Waals surface area contributed by atoms with Crippen molar-refractivity contribution in [3.05, 3.63) is 48.4 Å². The highest BCUT2D eigenvalue weighted by molar-refractivity contribution is 7.20. The molecule has 0 unspecified atom stereocenters. The number of rotatable bonds is 5. The van der Waals surface area contributed by atoms with E-state index in [0.29, 0.717) is 34.6 Å². The lowest BCUT2D eigenvalue weighted by Crippen LogP contribution is -2.44. The summed E-state index contributed by atoms with van der Waals surface area (Å²) in [6.45, 7) is 3.40. The van der Waals surface area contributed by atoms with Gasteiger partial charge in [-0.3, -0.25) is 9.69 Å². The molecule has 6 rings (SSSR count). The van der Waals surface area contributed by atoms with Crippen molar-refractivity contribution in [1.82, 2.24) is 20.2 Å². The number of fused-ring (bicyclic) bond motifs is 4. The van der Waals surface area contributed by atoms with Crippen LogP contribution in [0.4, 0.5) is 0 Å². The van der Waals surface area contributed by atoms with Crippen LogP contribution in [0.25, 0.3) is 21.3 Å². The Balaban J connectivity index is 1.16. The number of likely N-dealkylation sites (tertiary alicyclic amines) is 1. The maximum absolute atomic E-state index is 11.4. The Morgan fingerprint density at radius 1 is 1.32 bits per heavy atom. The van der Waals surface area contributed by atoms with E-state index in [1.807, 2.05) is 30.3 Å². The number of hydrogen-bond donors (Lipinski definition) is 1. The molecule has 0 spiro atoms. The first kappa shape index (κ1) is 18.8. The van der Waals surface area contributed by atoms with Gasteiger partial charge < -0.3 is 14.5 Å². The molecular formula is C23H22N4O3S. The van der Waals surface area contributed by atoms with Crippen molar-refractivity contribution in [2.75, 3.05) is 6.54 Å². The van der Waals surface area contributed by atoms with Crippen molar-refractivity contribution in [1.29, 1.82) is 0 Å². The van der Waals surface area contributed by atoms with Crippen LogP contribution < -0.4 is 10.1 Å². The zero-order valence-electron chi connectivity index (χ0n) is 17.1. The van der Waals surface area contributed by atoms with E-state index in [4.69, 9.17) is 9.15 Å². The summed E-state index contributed by atoms with van der Waals surface area (Å²) >= 11 is 1.48. The van der Waals surface area contributed by atoms with Gasteiger partial charge in [-0.05, 0) is 49.1 Å². The third-order valence-electron chi connectivity index (χ3n) is 6.30. The molecule has 2 fully saturated rings. The number of furan rings is 1. The summed E-state index contributed by atoms with van der Waals surface area (Å²) < 4.78 is 13.1. The second-order valence-corrected chi connectivity index (χ2v) is 9.43. The monoisotopic (exact) mass is 434 g/mol. The van der Waals surface area contributed by atoms with E-state index < -0.39 is 0 Å². The van der Waals surface area contributed by atoms with Gasteiger partial charge in [0, 0.05) is 43.2 Å². The molecule has 8 heteroatoms. The fourth-order valence-corrected chi connectivity index (χ4v) is 5.77. The van der Waals surface area contributed by atoms with Crippen molar-refractivity contribution in [2.24, 2.45) is 5.92 Å². The van der Waals surface area contributed by atoms with E-state index in [-0.39, 0.29) is 5.91 Å². The summed E-state index contributed by atoms with van der Waals surface area (Å²) in [5, 5.41) is 4.74. The van der Waals surface area contributed by atoms with Gasteiger partial charge in [-0.2, -0.15) is 4.98 Å². The van der Waals surface area contributed by atoms with Crippen LogP contribution in [-0.2, 0) is 11.3 Å². The Morgan fingerprint density at radius 2 is 2.26 bits per heavy atom. The minimum absolute atomic E-state index is 0.0708. The third-order valence-corrected chi connectivity index (χ3v) is 7.18. The molecule has 3 aromatic heterocycles. The zero-order chi connectivity index (χ0) is 20.9. The van der Waals surface area contributed by atoms with Crippen molar-refractivity contribution in [3.63, 3.8) is 0 Å². The van der Waals surface area contributed by atoms with Crippen LogP contribution in [0.2, 0.25) is 0 Å². The van der Waals surface area contributed by atoms with Gasteiger partial charge in [-0.25, -0.2) is 4.98 Å². The van der Waals surface area contributed by atoms with E-state index in [1.165, 1.54) is 11.3 Å². The van der Waals surface area contributed by atoms with Crippen LogP contribution in [0.15, 0.2) is 47.0 Å². The number of aromatic nitrogens is 2. The topological polar surface area (TPSA) is 80.5 Å². The van der Waals surface area contributed by atoms with Gasteiger partial charge in [-0.15, -0.1) is 0 Å². The number of piperidine rings is 1. The Morgan fingerprint density at radius 3 is 3.06 bits per heavy atom. The lowest BCUT2D eigenvalue weighted by molar-refractivity contribution is -0.120. The molecule has 3 atom stereocenters. The SMILES string of the molecule is CC(=O)N[C@H]1C[C@@H]2C[C@H]1CN2Cc1cc2ccc(Oc3nc4ncccc4s3)cc2o1. The Hall–Kier alpha value is -2.97. The Kier molecular flexibility index (Phi) is 4.43. The first-order valence-electron chi connectivity index (χ1n) is 10.5. The summed E-state index contributed by atoms with van der Waals surface area (Å²) in [5.41, 5.74) is 1.51. The fourth-order valence-electron chi connectivity index (χ4n) is 4.98. The zero-order valence-corrected chi connectivity index (χ0v) is 17.9. The first-order chi connectivity index (χ1) is 15.1. The molecule has 2 bridgehead atoms. The maximum Gasteiger partial charge on any atom is 0.281 e. The normalized spacial score (nSPS) is 23.1. The summed E-state index contributed by atoms with van der Waals surface area (Å²) in [4.78, 5) is 22.5. The lowest BCUT2D eigenvalue weighted by Gasteiger charge is -2.31. The van der Waals surface area contributed by atoms with E-state index >= 15 is 0 Å². The van der Waals surface area contributed by atoms with Gasteiger partial charge in [0.15, 0.2) is 5.65 Å². The van der Waals surface area contributed by atoms with Gasteiger partial charge in [0.2, 0.25) is 5.91 Å². The molecule has 1 saturated heterocycles. The summed E-state index contributed by atoms with van der Waals surface area (Å²) in [7, 11) is 0. The molecule has 1 aliphatic carbocycles. The third kappa shape index (κ3) is 3.55. The largest absolute Gasteiger partial charge is 0.460 e. The summed E-state index contributed by atoms with van der Waals surface area (Å²) in [6, 6.07) is 12.7. The Bertz CT molecular complexity index is 1250. The highest BCUT2D eigenvalue weighted by Gasteiger charge is 2.44. The summed E-state index contributed by atoms with van der Waals surface area (Å²) in [5.74, 6) is 2.27. The molecule has 2 aliphatic rings. The quantitative estimate of drug-likeness (QED) is 0.504. The van der Waals surface area contributed by atoms with Gasteiger partial charge in [0.25, 0.3) is 5.19 Å². The van der Waals surface area contributed by atoms with E-state index in [0.717, 1.165) is 47.4 Å². The lowest BCUT2D eigenvalue weighted by atomic mass is 10.0. The number of nitrogens with one attached hydrogen (secondary N) is 1. The highest BCUT2D eigenvalue weighted by Crippen LogP contribution is 2.39. The molecule has 1 aliphatic heterocycles. The van der Waals surface area contributed by atoms with Crippen molar-refractivity contribution in [2.45, 2.75) is 38.4 Å². The smallest absolute Gasteiger partial charge is 0.281 e. The van der Waals surface area contributed by atoms with Crippen LogP contribution in [0.5, 0.6) is 10.9 Å². The molecule has 1 aromatic carbocycles. The predicted molar refractivity (Wildman–Crippen MR) is 118 cm³/mol. The number of amides is 1. The summed E-state index contributed by atoms with van der Waals surface area (Å²) in [6.07, 6.45) is 3.91. The molecule has 1 saturated carbocycles. The molecular weight excluding hydrogens is 412 g/mol. The highest BCUT2D eigenvalue weighted by atomic mass is 32.1. The van der Waals surface area contributed by atoms with Crippen LogP contribution >= 0.6 is 11.3 Å². The number of ether oxygens (including phenoxy) is 1. The minimum atomic E-state index is 0.0708. The van der Waals surface area contributed by atoms with Gasteiger partial charge in [-0.1, -0.05) is 11.3 Å². The number of carbonyl (C=O) groups excluding carboxylic acids is 1. The molecule has 4 aromatic rings. The standard InChI is InChI=1S/C23H22N4O3S/c1-13(28)25-19-9-16-7-15(19)11-27(16)12-18-8-14-4-5-17(10-20(14)29-18)30-23-26-22-21(31-23)3-2-6-24-22/h2-6,8,10,15-16,19H,7,9,11-12H2,1H3,(H,25,28)/t15-,16-,19-/m0/s1. The average molecular weight is 435 g/mol. The van der Waals surface area contributed by atoms with Crippen LogP contribution in [0.3, 0.4) is 0 Å². The van der Waals surface area contributed by atoms with Crippen molar-refractivity contribution < 1.29 is 13.9 Å². The number of thiazole rings is 1. The van der Waals surface area contributed by atoms with Gasteiger partial charge in [0.05, 0.1) is 11.2 Å². The van der Waals surface area contributed by atoms with Crippen molar-refractivity contribution in [3.8, 4) is 10.9 Å².